The first-order chi connectivity index (χ1) is 8.87. The molecule has 4 nitrogen and oxygen atoms in total. The summed E-state index contributed by atoms with van der Waals surface area (Å²) in [4.78, 5) is 25.7. The molecule has 0 radical (unpaired) electrons. The van der Waals surface area contributed by atoms with Crippen LogP contribution in [0, 0.1) is 0 Å². The molecule has 1 aromatic rings. The van der Waals surface area contributed by atoms with Crippen LogP contribution >= 0.6 is 27.5 Å². The Morgan fingerprint density at radius 1 is 1.47 bits per heavy atom. The van der Waals surface area contributed by atoms with E-state index in [0.29, 0.717) is 17.1 Å². The van der Waals surface area contributed by atoms with Gasteiger partial charge in [-0.05, 0) is 31.5 Å². The van der Waals surface area contributed by atoms with Crippen LogP contribution < -0.4 is 10.2 Å². The number of carbonyl (C=O) groups excluding carboxylic acids is 2. The molecule has 0 spiro atoms. The number of amides is 2. The first kappa shape index (κ1) is 14.3. The van der Waals surface area contributed by atoms with Crippen LogP contribution in [-0.4, -0.2) is 23.9 Å². The van der Waals surface area contributed by atoms with Crippen LogP contribution in [0.5, 0.6) is 0 Å². The van der Waals surface area contributed by atoms with E-state index in [1.165, 1.54) is 4.90 Å². The van der Waals surface area contributed by atoms with Gasteiger partial charge in [0, 0.05) is 4.47 Å². The molecular formula is C13H14BrClN2O2. The van der Waals surface area contributed by atoms with Crippen molar-refractivity contribution in [3.05, 3.63) is 27.7 Å². The maximum atomic E-state index is 12.5. The maximum Gasteiger partial charge on any atom is 0.252 e. The number of hydrogen-bond acceptors (Lipinski definition) is 2. The van der Waals surface area contributed by atoms with Gasteiger partial charge < -0.3 is 5.32 Å². The summed E-state index contributed by atoms with van der Waals surface area (Å²) in [6.07, 6.45) is 0.530. The third kappa shape index (κ3) is 2.62. The highest BCUT2D eigenvalue weighted by atomic mass is 79.9. The zero-order chi connectivity index (χ0) is 14.2. The number of nitrogens with zero attached hydrogens (tertiary/aromatic N) is 1. The predicted molar refractivity (Wildman–Crippen MR) is 78.3 cm³/mol. The van der Waals surface area contributed by atoms with Gasteiger partial charge in [-0.15, -0.1) is 0 Å². The van der Waals surface area contributed by atoms with Crippen molar-refractivity contribution in [2.75, 3.05) is 11.4 Å². The maximum absolute atomic E-state index is 12.5. The van der Waals surface area contributed by atoms with Crippen molar-refractivity contribution in [3.63, 3.8) is 0 Å². The molecule has 2 rings (SSSR count). The van der Waals surface area contributed by atoms with Crippen LogP contribution in [-0.2, 0) is 9.59 Å². The third-order valence-corrected chi connectivity index (χ3v) is 4.14. The molecule has 19 heavy (non-hydrogen) atoms. The average Bonchev–Trinajstić information content (AvgIpc) is 2.34. The molecule has 1 aliphatic heterocycles. The smallest absolute Gasteiger partial charge is 0.252 e. The summed E-state index contributed by atoms with van der Waals surface area (Å²) in [7, 11) is 0. The lowest BCUT2D eigenvalue weighted by Crippen LogP contribution is -2.65. The Labute approximate surface area is 125 Å². The number of benzene rings is 1. The zero-order valence-corrected chi connectivity index (χ0v) is 13.0. The fraction of sp³-hybridized carbons (Fsp3) is 0.385. The Balaban J connectivity index is 2.43. The molecule has 0 aromatic heterocycles. The topological polar surface area (TPSA) is 49.4 Å². The summed E-state index contributed by atoms with van der Waals surface area (Å²) in [5.74, 6) is -0.318. The quantitative estimate of drug-likeness (QED) is 0.896. The molecule has 0 saturated carbocycles. The molecule has 1 atom stereocenters. The van der Waals surface area contributed by atoms with E-state index >= 15 is 0 Å². The molecule has 1 N–H and O–H groups in total. The molecule has 0 bridgehead atoms. The number of halogens is 2. The molecule has 1 aliphatic rings. The highest BCUT2D eigenvalue weighted by molar-refractivity contribution is 9.10. The predicted octanol–water partition coefficient (Wildman–Crippen LogP) is 2.73. The Kier molecular flexibility index (Phi) is 3.87. The average molecular weight is 346 g/mol. The van der Waals surface area contributed by atoms with Crippen molar-refractivity contribution in [1.82, 2.24) is 5.32 Å². The number of rotatable bonds is 2. The van der Waals surface area contributed by atoms with Crippen molar-refractivity contribution in [2.24, 2.45) is 0 Å². The van der Waals surface area contributed by atoms with E-state index in [0.717, 1.165) is 4.47 Å². The van der Waals surface area contributed by atoms with E-state index < -0.39 is 5.54 Å². The van der Waals surface area contributed by atoms with Crippen LogP contribution in [0.2, 0.25) is 5.02 Å². The van der Waals surface area contributed by atoms with Crippen LogP contribution in [0.3, 0.4) is 0 Å². The fourth-order valence-electron chi connectivity index (χ4n) is 2.05. The number of carbonyl (C=O) groups is 2. The van der Waals surface area contributed by atoms with Gasteiger partial charge in [0.1, 0.15) is 12.1 Å². The second kappa shape index (κ2) is 5.13. The van der Waals surface area contributed by atoms with Crippen molar-refractivity contribution in [2.45, 2.75) is 25.8 Å². The summed E-state index contributed by atoms with van der Waals surface area (Å²) in [6.45, 7) is 3.59. The monoisotopic (exact) mass is 344 g/mol. The highest BCUT2D eigenvalue weighted by Crippen LogP contribution is 2.32. The lowest BCUT2D eigenvalue weighted by atomic mass is 9.94. The SMILES string of the molecule is CCC1(C)NC(=O)CN(c2ccc(Br)cc2Cl)C1=O. The van der Waals surface area contributed by atoms with Crippen molar-refractivity contribution >= 4 is 45.0 Å². The minimum atomic E-state index is -0.869. The highest BCUT2D eigenvalue weighted by Gasteiger charge is 2.42. The Hall–Kier alpha value is -1.07. The summed E-state index contributed by atoms with van der Waals surface area (Å²) in [5, 5.41) is 3.18. The van der Waals surface area contributed by atoms with Crippen LogP contribution in [0.25, 0.3) is 0 Å². The van der Waals surface area contributed by atoms with Gasteiger partial charge >= 0.3 is 0 Å². The number of nitrogens with one attached hydrogen (secondary N) is 1. The molecule has 102 valence electrons. The van der Waals surface area contributed by atoms with Gasteiger partial charge in [-0.25, -0.2) is 0 Å². The number of anilines is 1. The standard InChI is InChI=1S/C13H14BrClN2O2/c1-3-13(2)12(19)17(7-11(18)16-13)10-5-4-8(14)6-9(10)15/h4-6H,3,7H2,1-2H3,(H,16,18). The summed E-state index contributed by atoms with van der Waals surface area (Å²) in [6, 6.07) is 5.24. The molecule has 1 heterocycles. The number of hydrogen-bond donors (Lipinski definition) is 1. The molecule has 1 aromatic carbocycles. The summed E-state index contributed by atoms with van der Waals surface area (Å²) < 4.78 is 0.827. The first-order valence-corrected chi connectivity index (χ1v) is 7.12. The second-order valence-corrected chi connectivity index (χ2v) is 6.04. The molecule has 0 aliphatic carbocycles. The molecule has 1 saturated heterocycles. The minimum Gasteiger partial charge on any atom is -0.340 e. The van der Waals surface area contributed by atoms with E-state index in [1.807, 2.05) is 6.92 Å². The lowest BCUT2D eigenvalue weighted by Gasteiger charge is -2.39. The van der Waals surface area contributed by atoms with Gasteiger partial charge in [0.15, 0.2) is 0 Å². The molecular weight excluding hydrogens is 332 g/mol. The Bertz CT molecular complexity index is 549. The first-order valence-electron chi connectivity index (χ1n) is 5.95. The van der Waals surface area contributed by atoms with Gasteiger partial charge in [0.25, 0.3) is 5.91 Å². The second-order valence-electron chi connectivity index (χ2n) is 4.72. The fourth-order valence-corrected chi connectivity index (χ4v) is 2.82. The van der Waals surface area contributed by atoms with E-state index in [9.17, 15) is 9.59 Å². The number of piperazine rings is 1. The van der Waals surface area contributed by atoms with Gasteiger partial charge in [-0.3, -0.25) is 14.5 Å². The van der Waals surface area contributed by atoms with Crippen molar-refractivity contribution < 1.29 is 9.59 Å². The Morgan fingerprint density at radius 2 is 2.16 bits per heavy atom. The molecule has 1 fully saturated rings. The molecule has 1 unspecified atom stereocenters. The lowest BCUT2D eigenvalue weighted by molar-refractivity contribution is -0.135. The molecule has 2 amide bonds. The van der Waals surface area contributed by atoms with Gasteiger partial charge in [-0.2, -0.15) is 0 Å². The van der Waals surface area contributed by atoms with Gasteiger partial charge in [0.2, 0.25) is 5.91 Å². The molecule has 6 heteroatoms. The van der Waals surface area contributed by atoms with Crippen LogP contribution in [0.1, 0.15) is 20.3 Å². The van der Waals surface area contributed by atoms with E-state index in [2.05, 4.69) is 21.2 Å². The van der Waals surface area contributed by atoms with E-state index in [-0.39, 0.29) is 18.4 Å². The van der Waals surface area contributed by atoms with Gasteiger partial charge in [0.05, 0.1) is 10.7 Å². The van der Waals surface area contributed by atoms with Crippen LogP contribution in [0.15, 0.2) is 22.7 Å². The summed E-state index contributed by atoms with van der Waals surface area (Å²) >= 11 is 9.47. The Morgan fingerprint density at radius 3 is 2.74 bits per heavy atom. The zero-order valence-electron chi connectivity index (χ0n) is 10.7. The van der Waals surface area contributed by atoms with Crippen molar-refractivity contribution in [1.29, 1.82) is 0 Å². The minimum absolute atomic E-state index is 0.00419. The van der Waals surface area contributed by atoms with Crippen LogP contribution in [0.4, 0.5) is 5.69 Å². The largest absolute Gasteiger partial charge is 0.340 e. The normalized spacial score (nSPS) is 23.5. The summed E-state index contributed by atoms with van der Waals surface area (Å²) in [5.41, 5.74) is -0.310. The van der Waals surface area contributed by atoms with E-state index in [1.54, 1.807) is 25.1 Å². The van der Waals surface area contributed by atoms with Crippen molar-refractivity contribution in [3.8, 4) is 0 Å². The third-order valence-electron chi connectivity index (χ3n) is 3.34. The van der Waals surface area contributed by atoms with Gasteiger partial charge in [-0.1, -0.05) is 34.5 Å². The van der Waals surface area contributed by atoms with E-state index in [4.69, 9.17) is 11.6 Å².